The number of benzene rings is 2. The maximum Gasteiger partial charge on any atom is 0.255 e. The fourth-order valence-corrected chi connectivity index (χ4v) is 4.43. The zero-order chi connectivity index (χ0) is 19.9. The van der Waals surface area contributed by atoms with Crippen LogP contribution in [0.3, 0.4) is 0 Å². The quantitative estimate of drug-likeness (QED) is 0.696. The maximum absolute atomic E-state index is 12.8. The molecule has 1 amide bonds. The Morgan fingerprint density at radius 2 is 1.44 bits per heavy atom. The fourth-order valence-electron chi connectivity index (χ4n) is 2.81. The summed E-state index contributed by atoms with van der Waals surface area (Å²) in [7, 11) is -3.53. The average Bonchev–Trinajstić information content (AvgIpc) is 2.68. The highest BCUT2D eigenvalue weighted by Gasteiger charge is 2.23. The van der Waals surface area contributed by atoms with Crippen molar-refractivity contribution >= 4 is 21.6 Å². The van der Waals surface area contributed by atoms with Gasteiger partial charge >= 0.3 is 0 Å². The van der Waals surface area contributed by atoms with Crippen molar-refractivity contribution in [1.29, 1.82) is 0 Å². The normalized spacial score (nSPS) is 11.6. The van der Waals surface area contributed by atoms with E-state index >= 15 is 0 Å². The zero-order valence-electron chi connectivity index (χ0n) is 16.2. The number of nitrogens with one attached hydrogen (secondary N) is 1. The van der Waals surface area contributed by atoms with Crippen LogP contribution in [-0.2, 0) is 16.4 Å². The van der Waals surface area contributed by atoms with Crippen LogP contribution in [0.2, 0.25) is 0 Å². The van der Waals surface area contributed by atoms with Crippen molar-refractivity contribution in [2.75, 3.05) is 18.4 Å². The van der Waals surface area contributed by atoms with Gasteiger partial charge in [-0.1, -0.05) is 32.9 Å². The van der Waals surface area contributed by atoms with Crippen LogP contribution >= 0.6 is 0 Å². The van der Waals surface area contributed by atoms with Crippen LogP contribution in [0, 0.1) is 0 Å². The van der Waals surface area contributed by atoms with Gasteiger partial charge in [-0.15, -0.1) is 0 Å². The molecule has 2 aromatic carbocycles. The summed E-state index contributed by atoms with van der Waals surface area (Å²) in [5, 5.41) is 2.83. The number of aryl methyl sites for hydroxylation is 1. The summed E-state index contributed by atoms with van der Waals surface area (Å²) < 4.78 is 27.0. The molecule has 6 heteroatoms. The van der Waals surface area contributed by atoms with Crippen LogP contribution in [-0.4, -0.2) is 31.7 Å². The molecule has 0 fully saturated rings. The maximum atomic E-state index is 12.8. The molecule has 0 saturated carbocycles. The number of carbonyl (C=O) groups is 1. The molecule has 27 heavy (non-hydrogen) atoms. The van der Waals surface area contributed by atoms with Gasteiger partial charge in [0.25, 0.3) is 5.91 Å². The molecule has 0 heterocycles. The van der Waals surface area contributed by atoms with Crippen molar-refractivity contribution in [3.05, 3.63) is 59.7 Å². The molecule has 0 aliphatic heterocycles. The molecule has 0 aliphatic carbocycles. The second-order valence-corrected chi connectivity index (χ2v) is 8.37. The number of hydrogen-bond donors (Lipinski definition) is 1. The first-order valence-corrected chi connectivity index (χ1v) is 10.9. The molecule has 0 bridgehead atoms. The van der Waals surface area contributed by atoms with E-state index in [2.05, 4.69) is 12.2 Å². The van der Waals surface area contributed by atoms with Crippen LogP contribution in [0.5, 0.6) is 0 Å². The van der Waals surface area contributed by atoms with E-state index in [1.807, 2.05) is 38.1 Å². The molecule has 2 aromatic rings. The minimum atomic E-state index is -3.53. The van der Waals surface area contributed by atoms with Crippen LogP contribution < -0.4 is 5.32 Å². The van der Waals surface area contributed by atoms with Crippen LogP contribution in [0.15, 0.2) is 53.4 Å². The molecule has 2 rings (SSSR count). The third-order valence-electron chi connectivity index (χ3n) is 4.32. The largest absolute Gasteiger partial charge is 0.322 e. The van der Waals surface area contributed by atoms with Gasteiger partial charge in [-0.25, -0.2) is 8.42 Å². The Labute approximate surface area is 162 Å². The summed E-state index contributed by atoms with van der Waals surface area (Å²) in [4.78, 5) is 12.6. The number of anilines is 1. The summed E-state index contributed by atoms with van der Waals surface area (Å²) >= 11 is 0. The minimum absolute atomic E-state index is 0.216. The predicted molar refractivity (Wildman–Crippen MR) is 110 cm³/mol. The number of hydrogen-bond acceptors (Lipinski definition) is 3. The first kappa shape index (κ1) is 21.1. The monoisotopic (exact) mass is 388 g/mol. The molecule has 0 radical (unpaired) electrons. The highest BCUT2D eigenvalue weighted by atomic mass is 32.2. The van der Waals surface area contributed by atoms with Crippen LogP contribution in [0.1, 0.15) is 49.5 Å². The standard InChI is InChI=1S/C21H28N2O3S/c1-4-15-23(16-5-2)27(25,26)20-13-9-18(10-14-20)21(24)22-19-11-7-17(6-3)8-12-19/h7-14H,4-6,15-16H2,1-3H3,(H,22,24). The summed E-state index contributed by atoms with van der Waals surface area (Å²) in [5.74, 6) is -0.262. The Balaban J connectivity index is 2.14. The van der Waals surface area contributed by atoms with Crippen molar-refractivity contribution in [3.63, 3.8) is 0 Å². The smallest absolute Gasteiger partial charge is 0.255 e. The van der Waals surface area contributed by atoms with Crippen molar-refractivity contribution in [2.24, 2.45) is 0 Å². The van der Waals surface area contributed by atoms with E-state index in [4.69, 9.17) is 0 Å². The minimum Gasteiger partial charge on any atom is -0.322 e. The number of nitrogens with zero attached hydrogens (tertiary/aromatic N) is 1. The molecule has 5 nitrogen and oxygen atoms in total. The highest BCUT2D eigenvalue weighted by Crippen LogP contribution is 2.18. The number of carbonyl (C=O) groups excluding carboxylic acids is 1. The molecule has 1 N–H and O–H groups in total. The fraction of sp³-hybridized carbons (Fsp3) is 0.381. The second-order valence-electron chi connectivity index (χ2n) is 6.43. The van der Waals surface area contributed by atoms with Crippen molar-refractivity contribution in [1.82, 2.24) is 4.31 Å². The van der Waals surface area contributed by atoms with E-state index in [1.54, 1.807) is 12.1 Å². The topological polar surface area (TPSA) is 66.5 Å². The number of amides is 1. The third kappa shape index (κ3) is 5.40. The van der Waals surface area contributed by atoms with Crippen molar-refractivity contribution in [2.45, 2.75) is 44.9 Å². The Morgan fingerprint density at radius 1 is 0.889 bits per heavy atom. The zero-order valence-corrected chi connectivity index (χ0v) is 17.1. The van der Waals surface area contributed by atoms with Gasteiger partial charge in [-0.05, 0) is 61.2 Å². The molecule has 146 valence electrons. The van der Waals surface area contributed by atoms with Gasteiger partial charge in [0.15, 0.2) is 0 Å². The molecule has 0 aromatic heterocycles. The lowest BCUT2D eigenvalue weighted by Gasteiger charge is -2.21. The van der Waals surface area contributed by atoms with Gasteiger partial charge in [0.05, 0.1) is 4.90 Å². The molecule has 0 saturated heterocycles. The summed E-state index contributed by atoms with van der Waals surface area (Å²) in [5.41, 5.74) is 2.34. The van der Waals surface area contributed by atoms with E-state index in [0.29, 0.717) is 24.3 Å². The van der Waals surface area contributed by atoms with E-state index in [-0.39, 0.29) is 10.8 Å². The molecule has 0 spiro atoms. The molecule has 0 unspecified atom stereocenters. The molecule has 0 aliphatic rings. The van der Waals surface area contributed by atoms with Gasteiger partial charge in [0, 0.05) is 24.3 Å². The lowest BCUT2D eigenvalue weighted by Crippen LogP contribution is -2.32. The average molecular weight is 389 g/mol. The van der Waals surface area contributed by atoms with Gasteiger partial charge < -0.3 is 5.32 Å². The SMILES string of the molecule is CCCN(CCC)S(=O)(=O)c1ccc(C(=O)Nc2ccc(CC)cc2)cc1. The van der Waals surface area contributed by atoms with E-state index in [0.717, 1.165) is 19.3 Å². The lowest BCUT2D eigenvalue weighted by molar-refractivity contribution is 0.102. The van der Waals surface area contributed by atoms with Gasteiger partial charge in [-0.2, -0.15) is 4.31 Å². The van der Waals surface area contributed by atoms with E-state index < -0.39 is 10.0 Å². The third-order valence-corrected chi connectivity index (χ3v) is 6.23. The lowest BCUT2D eigenvalue weighted by atomic mass is 10.1. The van der Waals surface area contributed by atoms with Crippen LogP contribution in [0.4, 0.5) is 5.69 Å². The van der Waals surface area contributed by atoms with E-state index in [1.165, 1.54) is 22.0 Å². The molecule has 0 atom stereocenters. The molecular formula is C21H28N2O3S. The van der Waals surface area contributed by atoms with Gasteiger partial charge in [-0.3, -0.25) is 4.79 Å². The first-order valence-electron chi connectivity index (χ1n) is 9.42. The van der Waals surface area contributed by atoms with E-state index in [9.17, 15) is 13.2 Å². The van der Waals surface area contributed by atoms with Crippen LogP contribution in [0.25, 0.3) is 0 Å². The van der Waals surface area contributed by atoms with Crippen molar-refractivity contribution < 1.29 is 13.2 Å². The Hall–Kier alpha value is -2.18. The first-order chi connectivity index (χ1) is 12.9. The highest BCUT2D eigenvalue weighted by molar-refractivity contribution is 7.89. The summed E-state index contributed by atoms with van der Waals surface area (Å²) in [6, 6.07) is 13.8. The summed E-state index contributed by atoms with van der Waals surface area (Å²) in [6.45, 7) is 6.97. The Kier molecular flexibility index (Phi) is 7.56. The Bertz CT molecular complexity index is 838. The molecular weight excluding hydrogens is 360 g/mol. The number of rotatable bonds is 9. The van der Waals surface area contributed by atoms with Crippen molar-refractivity contribution in [3.8, 4) is 0 Å². The van der Waals surface area contributed by atoms with Gasteiger partial charge in [0.2, 0.25) is 10.0 Å². The number of sulfonamides is 1. The second kappa shape index (κ2) is 9.67. The predicted octanol–water partition coefficient (Wildman–Crippen LogP) is 4.31. The summed E-state index contributed by atoms with van der Waals surface area (Å²) in [6.07, 6.45) is 2.46. The van der Waals surface area contributed by atoms with Gasteiger partial charge in [0.1, 0.15) is 0 Å². The Morgan fingerprint density at radius 3 is 1.93 bits per heavy atom.